The number of rotatable bonds is 3. The molecule has 1 amide bonds. The van der Waals surface area contributed by atoms with Crippen molar-refractivity contribution in [3.05, 3.63) is 46.0 Å². The van der Waals surface area contributed by atoms with Crippen LogP contribution in [0.25, 0.3) is 0 Å². The van der Waals surface area contributed by atoms with Gasteiger partial charge < -0.3 is 9.80 Å². The maximum Gasteiger partial charge on any atom is 0.274 e. The summed E-state index contributed by atoms with van der Waals surface area (Å²) in [6.07, 6.45) is 1.38. The summed E-state index contributed by atoms with van der Waals surface area (Å²) < 4.78 is 1.59. The molecule has 0 aliphatic carbocycles. The van der Waals surface area contributed by atoms with E-state index in [4.69, 9.17) is 0 Å². The molecule has 0 radical (unpaired) electrons. The molecule has 0 atom stereocenters. The molecule has 150 valence electrons. The second-order valence-corrected chi connectivity index (χ2v) is 8.45. The van der Waals surface area contributed by atoms with E-state index in [1.165, 1.54) is 0 Å². The third-order valence-corrected chi connectivity index (χ3v) is 5.02. The van der Waals surface area contributed by atoms with Gasteiger partial charge in [-0.05, 0) is 31.0 Å². The second-order valence-electron chi connectivity index (χ2n) is 8.45. The topological polar surface area (TPSA) is 84.2 Å². The standard InChI is InChI=1S/C20H28N6O2/c1-20(2,3)16-7-9-18(27)26(23-16)14-10-12-25(13-11-14)19(28)15-6-8-17(22-21-15)24(4)5/h6-9,14H,10-13H2,1-5H3. The SMILES string of the molecule is CN(C)c1ccc(C(=O)N2CCC(n3nc(C(C)(C)C)ccc3=O)CC2)nn1. The highest BCUT2D eigenvalue weighted by atomic mass is 16.2. The van der Waals surface area contributed by atoms with Gasteiger partial charge in [-0.1, -0.05) is 20.8 Å². The van der Waals surface area contributed by atoms with Crippen molar-refractivity contribution in [2.24, 2.45) is 0 Å². The van der Waals surface area contributed by atoms with Crippen LogP contribution in [-0.2, 0) is 5.41 Å². The van der Waals surface area contributed by atoms with Crippen molar-refractivity contribution in [3.8, 4) is 0 Å². The maximum atomic E-state index is 12.7. The normalized spacial score (nSPS) is 15.5. The second kappa shape index (κ2) is 7.69. The van der Waals surface area contributed by atoms with Crippen LogP contribution in [-0.4, -0.2) is 58.0 Å². The number of hydrogen-bond acceptors (Lipinski definition) is 6. The quantitative estimate of drug-likeness (QED) is 0.803. The zero-order valence-electron chi connectivity index (χ0n) is 17.2. The van der Waals surface area contributed by atoms with Gasteiger partial charge in [0.25, 0.3) is 11.5 Å². The van der Waals surface area contributed by atoms with Crippen molar-refractivity contribution in [2.75, 3.05) is 32.1 Å². The Labute approximate surface area is 165 Å². The van der Waals surface area contributed by atoms with E-state index in [2.05, 4.69) is 36.1 Å². The minimum atomic E-state index is -0.125. The molecule has 8 nitrogen and oxygen atoms in total. The van der Waals surface area contributed by atoms with Crippen LogP contribution in [0.5, 0.6) is 0 Å². The Hall–Kier alpha value is -2.77. The summed E-state index contributed by atoms with van der Waals surface area (Å²) in [7, 11) is 3.75. The summed E-state index contributed by atoms with van der Waals surface area (Å²) in [6, 6.07) is 6.88. The molecule has 0 unspecified atom stereocenters. The smallest absolute Gasteiger partial charge is 0.274 e. The first-order valence-corrected chi connectivity index (χ1v) is 9.57. The van der Waals surface area contributed by atoms with E-state index in [9.17, 15) is 9.59 Å². The van der Waals surface area contributed by atoms with Gasteiger partial charge in [0.2, 0.25) is 0 Å². The molecule has 28 heavy (non-hydrogen) atoms. The monoisotopic (exact) mass is 384 g/mol. The molecular weight excluding hydrogens is 356 g/mol. The third kappa shape index (κ3) is 4.21. The van der Waals surface area contributed by atoms with Gasteiger partial charge in [0.15, 0.2) is 11.5 Å². The molecule has 1 saturated heterocycles. The fourth-order valence-corrected chi connectivity index (χ4v) is 3.24. The number of piperidine rings is 1. The highest BCUT2D eigenvalue weighted by molar-refractivity contribution is 5.92. The van der Waals surface area contributed by atoms with Crippen LogP contribution in [0.4, 0.5) is 5.82 Å². The van der Waals surface area contributed by atoms with E-state index in [-0.39, 0.29) is 22.9 Å². The zero-order chi connectivity index (χ0) is 20.5. The van der Waals surface area contributed by atoms with Crippen molar-refractivity contribution in [1.82, 2.24) is 24.9 Å². The lowest BCUT2D eigenvalue weighted by Gasteiger charge is -2.32. The molecule has 0 spiro atoms. The fraction of sp³-hybridized carbons (Fsp3) is 0.550. The Morgan fingerprint density at radius 2 is 1.75 bits per heavy atom. The van der Waals surface area contributed by atoms with Crippen LogP contribution in [0.3, 0.4) is 0 Å². The number of likely N-dealkylation sites (tertiary alicyclic amines) is 1. The van der Waals surface area contributed by atoms with Crippen LogP contribution in [0.2, 0.25) is 0 Å². The van der Waals surface area contributed by atoms with Crippen LogP contribution in [0, 0.1) is 0 Å². The Morgan fingerprint density at radius 3 is 2.29 bits per heavy atom. The van der Waals surface area contributed by atoms with Gasteiger partial charge in [0.05, 0.1) is 11.7 Å². The lowest BCUT2D eigenvalue weighted by atomic mass is 9.92. The number of aromatic nitrogens is 4. The number of carbonyl (C=O) groups is 1. The highest BCUT2D eigenvalue weighted by Gasteiger charge is 2.27. The summed E-state index contributed by atoms with van der Waals surface area (Å²) in [6.45, 7) is 7.36. The molecule has 0 saturated carbocycles. The Morgan fingerprint density at radius 1 is 1.07 bits per heavy atom. The number of hydrogen-bond donors (Lipinski definition) is 0. The van der Waals surface area contributed by atoms with Crippen molar-refractivity contribution >= 4 is 11.7 Å². The molecule has 1 aliphatic heterocycles. The number of nitrogens with zero attached hydrogens (tertiary/aromatic N) is 6. The molecule has 3 heterocycles. The molecule has 1 aliphatic rings. The average Bonchev–Trinajstić information content (AvgIpc) is 2.67. The molecule has 2 aromatic rings. The van der Waals surface area contributed by atoms with Crippen LogP contribution in [0.1, 0.15) is 55.8 Å². The van der Waals surface area contributed by atoms with E-state index < -0.39 is 0 Å². The predicted molar refractivity (Wildman–Crippen MR) is 108 cm³/mol. The van der Waals surface area contributed by atoms with Gasteiger partial charge in [0, 0.05) is 38.7 Å². The number of anilines is 1. The first kappa shape index (κ1) is 20.0. The predicted octanol–water partition coefficient (Wildman–Crippen LogP) is 1.87. The van der Waals surface area contributed by atoms with E-state index in [0.717, 1.165) is 5.69 Å². The van der Waals surface area contributed by atoms with Gasteiger partial charge in [0.1, 0.15) is 0 Å². The molecule has 0 N–H and O–H groups in total. The van der Waals surface area contributed by atoms with Gasteiger partial charge in [-0.25, -0.2) is 4.68 Å². The first-order valence-electron chi connectivity index (χ1n) is 9.57. The lowest BCUT2D eigenvalue weighted by molar-refractivity contribution is 0.0680. The van der Waals surface area contributed by atoms with E-state index >= 15 is 0 Å². The van der Waals surface area contributed by atoms with Crippen LogP contribution < -0.4 is 10.5 Å². The molecule has 2 aromatic heterocycles. The number of carbonyl (C=O) groups excluding carboxylic acids is 1. The van der Waals surface area contributed by atoms with Gasteiger partial charge in [-0.3, -0.25) is 9.59 Å². The zero-order valence-corrected chi connectivity index (χ0v) is 17.2. The summed E-state index contributed by atoms with van der Waals surface area (Å²) in [5.41, 5.74) is 1.02. The largest absolute Gasteiger partial charge is 0.361 e. The Kier molecular flexibility index (Phi) is 5.49. The van der Waals surface area contributed by atoms with E-state index in [0.29, 0.717) is 37.4 Å². The average molecular weight is 384 g/mol. The summed E-state index contributed by atoms with van der Waals surface area (Å²) in [4.78, 5) is 28.6. The lowest BCUT2D eigenvalue weighted by Crippen LogP contribution is -2.42. The molecule has 0 bridgehead atoms. The van der Waals surface area contributed by atoms with E-state index in [1.807, 2.05) is 19.0 Å². The highest BCUT2D eigenvalue weighted by Crippen LogP contribution is 2.24. The molecule has 8 heteroatoms. The molecular formula is C20H28N6O2. The van der Waals surface area contributed by atoms with Crippen molar-refractivity contribution in [1.29, 1.82) is 0 Å². The first-order chi connectivity index (χ1) is 13.2. The third-order valence-electron chi connectivity index (χ3n) is 5.02. The van der Waals surface area contributed by atoms with Crippen LogP contribution >= 0.6 is 0 Å². The van der Waals surface area contributed by atoms with Gasteiger partial charge in [-0.15, -0.1) is 10.2 Å². The summed E-state index contributed by atoms with van der Waals surface area (Å²) >= 11 is 0. The Balaban J connectivity index is 1.69. The fourth-order valence-electron chi connectivity index (χ4n) is 3.24. The summed E-state index contributed by atoms with van der Waals surface area (Å²) in [5, 5.41) is 12.7. The van der Waals surface area contributed by atoms with Crippen LogP contribution in [0.15, 0.2) is 29.1 Å². The maximum absolute atomic E-state index is 12.7. The van der Waals surface area contributed by atoms with Crippen molar-refractivity contribution in [2.45, 2.75) is 45.1 Å². The minimum absolute atomic E-state index is 0.000973. The van der Waals surface area contributed by atoms with Crippen molar-refractivity contribution < 1.29 is 4.79 Å². The molecule has 0 aromatic carbocycles. The van der Waals surface area contributed by atoms with Gasteiger partial charge in [-0.2, -0.15) is 5.10 Å². The van der Waals surface area contributed by atoms with Gasteiger partial charge >= 0.3 is 0 Å². The van der Waals surface area contributed by atoms with Crippen molar-refractivity contribution in [3.63, 3.8) is 0 Å². The van der Waals surface area contributed by atoms with E-state index in [1.54, 1.807) is 33.8 Å². The summed E-state index contributed by atoms with van der Waals surface area (Å²) in [5.74, 6) is 0.583. The molecule has 1 fully saturated rings. The minimum Gasteiger partial charge on any atom is -0.361 e. The number of amides is 1. The Bertz CT molecular complexity index is 890. The molecule has 3 rings (SSSR count).